The molecule has 1 aromatic rings. The first-order valence-corrected chi connectivity index (χ1v) is 9.37. The number of hydrogen-bond acceptors (Lipinski definition) is 4. The second kappa shape index (κ2) is 8.07. The number of nitrogen functional groups attached to an aromatic ring is 1. The lowest BCUT2D eigenvalue weighted by Gasteiger charge is -2.09. The summed E-state index contributed by atoms with van der Waals surface area (Å²) in [4.78, 5) is -0.508. The van der Waals surface area contributed by atoms with E-state index in [9.17, 15) is 12.8 Å². The number of halogens is 2. The quantitative estimate of drug-likeness (QED) is 0.564. The van der Waals surface area contributed by atoms with Crippen molar-refractivity contribution in [3.63, 3.8) is 0 Å². The van der Waals surface area contributed by atoms with Crippen molar-refractivity contribution >= 4 is 39.1 Å². The number of nitrogens with two attached hydrogens (primary N) is 1. The molecule has 4 nitrogen and oxygen atoms in total. The number of hydrogen-bond donors (Lipinski definition) is 2. The summed E-state index contributed by atoms with van der Waals surface area (Å²) in [6, 6.07) is 2.25. The molecule has 1 aromatic carbocycles. The molecule has 20 heavy (non-hydrogen) atoms. The second-order valence-electron chi connectivity index (χ2n) is 4.27. The number of nitrogens with one attached hydrogen (secondary N) is 1. The largest absolute Gasteiger partial charge is 0.399 e. The number of anilines is 1. The minimum atomic E-state index is -3.92. The zero-order valence-electron chi connectivity index (χ0n) is 11.2. The molecule has 0 bridgehead atoms. The van der Waals surface area contributed by atoms with Gasteiger partial charge in [-0.05, 0) is 37.0 Å². The number of rotatable bonds is 8. The first kappa shape index (κ1) is 17.6. The minimum Gasteiger partial charge on any atom is -0.399 e. The van der Waals surface area contributed by atoms with Crippen LogP contribution in [0.15, 0.2) is 17.0 Å². The Kier molecular flexibility index (Phi) is 7.08. The lowest BCUT2D eigenvalue weighted by atomic mass is 10.2. The molecular weight excluding hydrogens is 323 g/mol. The van der Waals surface area contributed by atoms with Gasteiger partial charge in [-0.25, -0.2) is 17.5 Å². The Bertz CT molecular complexity index is 553. The van der Waals surface area contributed by atoms with Crippen molar-refractivity contribution in [1.82, 2.24) is 4.72 Å². The highest BCUT2D eigenvalue weighted by Crippen LogP contribution is 2.25. The van der Waals surface area contributed by atoms with Crippen LogP contribution in [0.5, 0.6) is 0 Å². The van der Waals surface area contributed by atoms with Crippen LogP contribution in [0.25, 0.3) is 0 Å². The van der Waals surface area contributed by atoms with E-state index in [0.29, 0.717) is 6.42 Å². The van der Waals surface area contributed by atoms with Gasteiger partial charge in [-0.3, -0.25) is 0 Å². The van der Waals surface area contributed by atoms with Gasteiger partial charge < -0.3 is 5.73 Å². The van der Waals surface area contributed by atoms with E-state index in [-0.39, 0.29) is 17.3 Å². The maximum absolute atomic E-state index is 13.7. The fourth-order valence-corrected chi connectivity index (χ4v) is 3.59. The second-order valence-corrected chi connectivity index (χ2v) is 7.39. The molecule has 114 valence electrons. The molecule has 0 aromatic heterocycles. The van der Waals surface area contributed by atoms with E-state index in [1.807, 2.05) is 6.26 Å². The van der Waals surface area contributed by atoms with Gasteiger partial charge in [0.15, 0.2) is 5.82 Å². The van der Waals surface area contributed by atoms with Crippen LogP contribution >= 0.6 is 23.4 Å². The number of thioether (sulfide) groups is 1. The van der Waals surface area contributed by atoms with Gasteiger partial charge in [0.25, 0.3) is 0 Å². The van der Waals surface area contributed by atoms with Gasteiger partial charge >= 0.3 is 0 Å². The van der Waals surface area contributed by atoms with E-state index >= 15 is 0 Å². The van der Waals surface area contributed by atoms with Gasteiger partial charge in [0, 0.05) is 12.2 Å². The summed E-state index contributed by atoms with van der Waals surface area (Å²) >= 11 is 7.34. The lowest BCUT2D eigenvalue weighted by molar-refractivity contribution is 0.554. The van der Waals surface area contributed by atoms with Crippen LogP contribution in [-0.2, 0) is 10.0 Å². The first-order chi connectivity index (χ1) is 9.38. The van der Waals surface area contributed by atoms with E-state index in [4.69, 9.17) is 17.3 Å². The third kappa shape index (κ3) is 5.12. The highest BCUT2D eigenvalue weighted by molar-refractivity contribution is 7.98. The van der Waals surface area contributed by atoms with Crippen molar-refractivity contribution in [1.29, 1.82) is 0 Å². The Balaban J connectivity index is 2.65. The third-order valence-electron chi connectivity index (χ3n) is 2.62. The fourth-order valence-electron chi connectivity index (χ4n) is 1.61. The van der Waals surface area contributed by atoms with Crippen molar-refractivity contribution < 1.29 is 12.8 Å². The molecule has 0 aliphatic carbocycles. The zero-order chi connectivity index (χ0) is 15.2. The van der Waals surface area contributed by atoms with Crippen LogP contribution in [0.4, 0.5) is 10.1 Å². The molecule has 0 saturated carbocycles. The summed E-state index contributed by atoms with van der Waals surface area (Å²) in [6.07, 6.45) is 4.68. The minimum absolute atomic E-state index is 0.108. The Morgan fingerprint density at radius 3 is 2.70 bits per heavy atom. The molecule has 0 unspecified atom stereocenters. The molecule has 0 amide bonds. The number of unbranched alkanes of at least 4 members (excludes halogenated alkanes) is 2. The summed E-state index contributed by atoms with van der Waals surface area (Å²) in [7, 11) is -3.92. The van der Waals surface area contributed by atoms with Gasteiger partial charge in [0.2, 0.25) is 10.0 Å². The van der Waals surface area contributed by atoms with Crippen LogP contribution in [0.1, 0.15) is 19.3 Å². The van der Waals surface area contributed by atoms with Crippen LogP contribution in [0, 0.1) is 5.82 Å². The van der Waals surface area contributed by atoms with Crippen molar-refractivity contribution in [3.8, 4) is 0 Å². The Labute approximate surface area is 128 Å². The van der Waals surface area contributed by atoms with E-state index in [2.05, 4.69) is 4.72 Å². The van der Waals surface area contributed by atoms with Crippen LogP contribution in [-0.4, -0.2) is 27.0 Å². The van der Waals surface area contributed by atoms with Gasteiger partial charge in [0.05, 0.1) is 5.02 Å². The average Bonchev–Trinajstić information content (AvgIpc) is 2.37. The van der Waals surface area contributed by atoms with Crippen molar-refractivity contribution in [2.75, 3.05) is 24.3 Å². The number of sulfonamides is 1. The van der Waals surface area contributed by atoms with E-state index < -0.39 is 20.7 Å². The molecule has 0 aliphatic heterocycles. The molecule has 3 N–H and O–H groups in total. The Hall–Kier alpha value is -0.500. The molecular formula is C12H18ClFN2O2S2. The predicted molar refractivity (Wildman–Crippen MR) is 83.2 cm³/mol. The molecule has 0 aliphatic rings. The van der Waals surface area contributed by atoms with E-state index in [0.717, 1.165) is 24.7 Å². The molecule has 0 spiro atoms. The zero-order valence-corrected chi connectivity index (χ0v) is 13.5. The summed E-state index contributed by atoms with van der Waals surface area (Å²) in [6.45, 7) is 0.266. The Morgan fingerprint density at radius 1 is 1.35 bits per heavy atom. The van der Waals surface area contributed by atoms with E-state index in [1.54, 1.807) is 11.8 Å². The highest BCUT2D eigenvalue weighted by Gasteiger charge is 2.21. The summed E-state index contributed by atoms with van der Waals surface area (Å²) < 4.78 is 40.1. The van der Waals surface area contributed by atoms with Crippen molar-refractivity contribution in [3.05, 3.63) is 23.0 Å². The van der Waals surface area contributed by atoms with Crippen LogP contribution in [0.2, 0.25) is 5.02 Å². The monoisotopic (exact) mass is 340 g/mol. The predicted octanol–water partition coefficient (Wildman–Crippen LogP) is 2.87. The van der Waals surface area contributed by atoms with Crippen molar-refractivity contribution in [2.45, 2.75) is 24.2 Å². The lowest BCUT2D eigenvalue weighted by Crippen LogP contribution is -2.26. The fraction of sp³-hybridized carbons (Fsp3) is 0.500. The Morgan fingerprint density at radius 2 is 2.05 bits per heavy atom. The molecule has 0 radical (unpaired) electrons. The van der Waals surface area contributed by atoms with Gasteiger partial charge in [-0.15, -0.1) is 0 Å². The standard InChI is InChI=1S/C12H18ClFN2O2S2/c1-19-6-4-2-3-5-16-20(17,18)11-8-9(15)7-10(13)12(11)14/h7-8,16H,2-6,15H2,1H3. The summed E-state index contributed by atoms with van der Waals surface area (Å²) in [5.74, 6) is 0.0717. The van der Waals surface area contributed by atoms with Gasteiger partial charge in [-0.1, -0.05) is 18.0 Å². The molecule has 0 heterocycles. The first-order valence-electron chi connectivity index (χ1n) is 6.11. The third-order valence-corrected chi connectivity index (χ3v) is 5.06. The number of benzene rings is 1. The van der Waals surface area contributed by atoms with Gasteiger partial charge in [-0.2, -0.15) is 11.8 Å². The summed E-state index contributed by atoms with van der Waals surface area (Å²) in [5.41, 5.74) is 5.60. The topological polar surface area (TPSA) is 72.2 Å². The maximum Gasteiger partial charge on any atom is 0.243 e. The molecule has 0 atom stereocenters. The van der Waals surface area contributed by atoms with Gasteiger partial charge in [0.1, 0.15) is 4.90 Å². The molecule has 1 rings (SSSR count). The molecule has 0 fully saturated rings. The van der Waals surface area contributed by atoms with Crippen molar-refractivity contribution in [2.24, 2.45) is 0 Å². The van der Waals surface area contributed by atoms with Crippen LogP contribution in [0.3, 0.4) is 0 Å². The average molecular weight is 341 g/mol. The SMILES string of the molecule is CSCCCCCNS(=O)(=O)c1cc(N)cc(Cl)c1F. The molecule has 0 saturated heterocycles. The summed E-state index contributed by atoms with van der Waals surface area (Å²) in [5, 5.41) is -0.301. The maximum atomic E-state index is 13.7. The smallest absolute Gasteiger partial charge is 0.243 e. The van der Waals surface area contributed by atoms with Crippen LogP contribution < -0.4 is 10.5 Å². The normalized spacial score (nSPS) is 11.8. The van der Waals surface area contributed by atoms with E-state index in [1.165, 1.54) is 6.07 Å². The molecule has 8 heteroatoms. The highest BCUT2D eigenvalue weighted by atomic mass is 35.5.